The van der Waals surface area contributed by atoms with Crippen molar-refractivity contribution < 1.29 is 39.8 Å². The van der Waals surface area contributed by atoms with Crippen LogP contribution in [-0.4, -0.2) is 47.0 Å². The van der Waals surface area contributed by atoms with Gasteiger partial charge in [0.15, 0.2) is 12.6 Å². The van der Waals surface area contributed by atoms with Crippen LogP contribution in [0.3, 0.4) is 0 Å². The summed E-state index contributed by atoms with van der Waals surface area (Å²) in [7, 11) is 2.71. The molecule has 0 fully saturated rings. The summed E-state index contributed by atoms with van der Waals surface area (Å²) in [6.07, 6.45) is -0.00907. The topological polar surface area (TPSA) is 84.7 Å². The standard InChI is InChI=1S/C16H13N2.C5H12O4.Ir/c1-11-10-17-16(12(2)18-11)15-9-5-7-13-6-3-4-8-14(13)15;1-8-4(6)3-5(7)9-2;/h3-8,10H,1-2H3;4-7H,3H2,1-2H3;/q-1;;. The van der Waals surface area contributed by atoms with E-state index in [1.165, 1.54) is 25.0 Å². The van der Waals surface area contributed by atoms with Gasteiger partial charge in [-0.05, 0) is 13.8 Å². The Morgan fingerprint density at radius 2 is 1.68 bits per heavy atom. The fraction of sp³-hybridized carbons (Fsp3) is 0.333. The van der Waals surface area contributed by atoms with Crippen LogP contribution in [-0.2, 0) is 29.6 Å². The molecule has 0 saturated carbocycles. The fourth-order valence-electron chi connectivity index (χ4n) is 2.57. The quantitative estimate of drug-likeness (QED) is 0.368. The first-order chi connectivity index (χ1) is 13.0. The van der Waals surface area contributed by atoms with Crippen molar-refractivity contribution >= 4 is 10.8 Å². The first-order valence-electron chi connectivity index (χ1n) is 8.58. The maximum Gasteiger partial charge on any atom is 0.158 e. The fourth-order valence-corrected chi connectivity index (χ4v) is 2.57. The number of nitrogens with zero attached hydrogens (tertiary/aromatic N) is 2. The van der Waals surface area contributed by atoms with Crippen molar-refractivity contribution in [1.29, 1.82) is 0 Å². The number of hydrogen-bond acceptors (Lipinski definition) is 6. The zero-order chi connectivity index (χ0) is 19.8. The van der Waals surface area contributed by atoms with E-state index in [4.69, 9.17) is 10.2 Å². The molecule has 3 aromatic rings. The maximum absolute atomic E-state index is 8.70. The zero-order valence-electron chi connectivity index (χ0n) is 16.3. The smallest absolute Gasteiger partial charge is 0.158 e. The van der Waals surface area contributed by atoms with Crippen LogP contribution in [0.15, 0.2) is 42.6 Å². The molecule has 0 aliphatic carbocycles. The molecule has 0 amide bonds. The molecule has 1 radical (unpaired) electrons. The largest absolute Gasteiger partial charge is 0.368 e. The van der Waals surface area contributed by atoms with E-state index in [9.17, 15) is 0 Å². The number of aryl methyl sites for hydroxylation is 2. The van der Waals surface area contributed by atoms with E-state index in [0.717, 1.165) is 22.6 Å². The molecular formula is C21H25IrN2O4-. The monoisotopic (exact) mass is 562 g/mol. The normalized spacial score (nSPS) is 12.5. The van der Waals surface area contributed by atoms with E-state index in [1.54, 1.807) is 6.20 Å². The van der Waals surface area contributed by atoms with Crippen LogP contribution in [0.25, 0.3) is 22.0 Å². The van der Waals surface area contributed by atoms with Gasteiger partial charge in [-0.15, -0.1) is 29.1 Å². The van der Waals surface area contributed by atoms with Crippen LogP contribution in [0.4, 0.5) is 0 Å². The third-order valence-corrected chi connectivity index (χ3v) is 3.97. The molecule has 0 aliphatic heterocycles. The summed E-state index contributed by atoms with van der Waals surface area (Å²) < 4.78 is 8.88. The minimum atomic E-state index is -0.944. The predicted octanol–water partition coefficient (Wildman–Crippen LogP) is 3.02. The molecule has 0 saturated heterocycles. The van der Waals surface area contributed by atoms with Crippen molar-refractivity contribution in [2.24, 2.45) is 0 Å². The molecule has 2 unspecified atom stereocenters. The van der Waals surface area contributed by atoms with Crippen LogP contribution in [0.2, 0.25) is 0 Å². The summed E-state index contributed by atoms with van der Waals surface area (Å²) in [5, 5.41) is 19.8. The molecule has 1 aromatic heterocycles. The van der Waals surface area contributed by atoms with Crippen molar-refractivity contribution in [3.8, 4) is 11.3 Å². The van der Waals surface area contributed by atoms with E-state index >= 15 is 0 Å². The number of ether oxygens (including phenoxy) is 2. The Balaban J connectivity index is 0.000000339. The summed E-state index contributed by atoms with van der Waals surface area (Å²) in [6.45, 7) is 3.95. The number of hydrogen-bond donors (Lipinski definition) is 2. The molecule has 153 valence electrons. The molecule has 7 heteroatoms. The minimum absolute atomic E-state index is 0. The van der Waals surface area contributed by atoms with Crippen molar-refractivity contribution in [1.82, 2.24) is 9.97 Å². The molecule has 6 nitrogen and oxygen atoms in total. The van der Waals surface area contributed by atoms with Crippen molar-refractivity contribution in [3.05, 3.63) is 60.0 Å². The van der Waals surface area contributed by atoms with Gasteiger partial charge in [0.05, 0.1) is 5.69 Å². The van der Waals surface area contributed by atoms with Crippen LogP contribution in [0.5, 0.6) is 0 Å². The SMILES string of the molecule is COC(O)CC(O)OC.Cc1cnc(-c2[c-]ccc3ccccc23)c(C)n1.[Ir]. The molecule has 2 atom stereocenters. The van der Waals surface area contributed by atoms with Crippen LogP contribution < -0.4 is 0 Å². The van der Waals surface area contributed by atoms with Gasteiger partial charge >= 0.3 is 0 Å². The Bertz CT molecular complexity index is 863. The summed E-state index contributed by atoms with van der Waals surface area (Å²) in [4.78, 5) is 8.98. The van der Waals surface area contributed by atoms with Gasteiger partial charge in [-0.3, -0.25) is 4.98 Å². The van der Waals surface area contributed by atoms with E-state index < -0.39 is 12.6 Å². The molecular weight excluding hydrogens is 536 g/mol. The molecule has 0 spiro atoms. The molecule has 0 aliphatic rings. The Hall–Kier alpha value is -1.73. The van der Waals surface area contributed by atoms with Gasteiger partial charge in [-0.2, -0.15) is 0 Å². The summed E-state index contributed by atoms with van der Waals surface area (Å²) in [5.74, 6) is 0. The average Bonchev–Trinajstić information content (AvgIpc) is 2.68. The molecule has 2 aromatic carbocycles. The van der Waals surface area contributed by atoms with Crippen LogP contribution in [0.1, 0.15) is 17.8 Å². The Labute approximate surface area is 178 Å². The number of aliphatic hydroxyl groups is 2. The number of rotatable bonds is 5. The van der Waals surface area contributed by atoms with Gasteiger partial charge in [0.1, 0.15) is 0 Å². The van der Waals surface area contributed by atoms with E-state index in [2.05, 4.69) is 43.7 Å². The summed E-state index contributed by atoms with van der Waals surface area (Å²) >= 11 is 0. The first-order valence-corrected chi connectivity index (χ1v) is 8.58. The second-order valence-electron chi connectivity index (χ2n) is 6.00. The minimum Gasteiger partial charge on any atom is -0.368 e. The van der Waals surface area contributed by atoms with E-state index in [0.29, 0.717) is 0 Å². The van der Waals surface area contributed by atoms with Gasteiger partial charge in [-0.1, -0.05) is 29.7 Å². The molecule has 28 heavy (non-hydrogen) atoms. The molecule has 3 rings (SSSR count). The number of aromatic nitrogens is 2. The van der Waals surface area contributed by atoms with Gasteiger partial charge < -0.3 is 24.7 Å². The maximum atomic E-state index is 8.70. The van der Waals surface area contributed by atoms with E-state index in [-0.39, 0.29) is 26.5 Å². The summed E-state index contributed by atoms with van der Waals surface area (Å²) in [5.41, 5.74) is 3.83. The van der Waals surface area contributed by atoms with Crippen LogP contribution in [0, 0.1) is 19.9 Å². The Morgan fingerprint density at radius 3 is 2.29 bits per heavy atom. The third kappa shape index (κ3) is 6.71. The van der Waals surface area contributed by atoms with Gasteiger partial charge in [0.25, 0.3) is 0 Å². The number of fused-ring (bicyclic) bond motifs is 1. The van der Waals surface area contributed by atoms with Gasteiger partial charge in [0.2, 0.25) is 0 Å². The number of methoxy groups -OCH3 is 2. The van der Waals surface area contributed by atoms with Crippen molar-refractivity contribution in [3.63, 3.8) is 0 Å². The first kappa shape index (κ1) is 24.3. The van der Waals surface area contributed by atoms with Crippen molar-refractivity contribution in [2.45, 2.75) is 32.8 Å². The second kappa shape index (κ2) is 12.0. The van der Waals surface area contributed by atoms with Gasteiger partial charge in [0, 0.05) is 58.3 Å². The average molecular weight is 562 g/mol. The second-order valence-corrected chi connectivity index (χ2v) is 6.00. The zero-order valence-corrected chi connectivity index (χ0v) is 18.7. The Morgan fingerprint density at radius 1 is 1.04 bits per heavy atom. The molecule has 0 bridgehead atoms. The molecule has 2 N–H and O–H groups in total. The predicted molar refractivity (Wildman–Crippen MR) is 104 cm³/mol. The van der Waals surface area contributed by atoms with Crippen molar-refractivity contribution in [2.75, 3.05) is 14.2 Å². The van der Waals surface area contributed by atoms with Gasteiger partial charge in [-0.25, -0.2) is 0 Å². The molecule has 1 heterocycles. The van der Waals surface area contributed by atoms with E-state index in [1.807, 2.05) is 32.0 Å². The third-order valence-electron chi connectivity index (χ3n) is 3.97. The number of aliphatic hydroxyl groups excluding tert-OH is 2. The summed E-state index contributed by atoms with van der Waals surface area (Å²) in [6, 6.07) is 15.6. The van der Waals surface area contributed by atoms with Crippen LogP contribution >= 0.6 is 0 Å². The number of benzene rings is 2. The Kier molecular flexibility index (Phi) is 10.4.